The van der Waals surface area contributed by atoms with Crippen LogP contribution in [-0.2, 0) is 26.7 Å². The minimum Gasteiger partial charge on any atom is -0.454 e. The van der Waals surface area contributed by atoms with Crippen molar-refractivity contribution in [1.29, 1.82) is 0 Å². The highest BCUT2D eigenvalue weighted by Crippen LogP contribution is 2.51. The molecule has 36 heavy (non-hydrogen) atoms. The first-order chi connectivity index (χ1) is 17.4. The molecule has 0 aromatic heterocycles. The van der Waals surface area contributed by atoms with Gasteiger partial charge in [-0.15, -0.1) is 0 Å². The van der Waals surface area contributed by atoms with Crippen molar-refractivity contribution in [1.82, 2.24) is 4.31 Å². The Morgan fingerprint density at radius 3 is 2.47 bits per heavy atom. The second kappa shape index (κ2) is 8.75. The van der Waals surface area contributed by atoms with Crippen molar-refractivity contribution in [3.63, 3.8) is 0 Å². The zero-order chi connectivity index (χ0) is 24.9. The van der Waals surface area contributed by atoms with Gasteiger partial charge in [-0.25, -0.2) is 8.42 Å². The third kappa shape index (κ3) is 4.00. The predicted molar refractivity (Wildman–Crippen MR) is 137 cm³/mol. The largest absolute Gasteiger partial charge is 0.454 e. The summed E-state index contributed by atoms with van der Waals surface area (Å²) in [6, 6.07) is 20.9. The average Bonchev–Trinajstić information content (AvgIpc) is 3.36. The number of carbonyl (C=O) groups is 1. The minimum absolute atomic E-state index is 0.0383. The smallest absolute Gasteiger partial charge is 0.243 e. The topological polar surface area (TPSA) is 72.9 Å². The standard InChI is InChI=1S/C29H29NO5S/c1-20-4-3-15-30(20)36(32,33)25-10-7-22(8-11-25)23-6-2-5-21(16-23)17-28(31)29(13-14-29)24-9-12-26-27(18-24)35-19-34-26/h2,5-12,16,18,20H,3-4,13-15,17,19H2,1H3. The third-order valence-electron chi connectivity index (χ3n) is 7.79. The number of sulfonamides is 1. The summed E-state index contributed by atoms with van der Waals surface area (Å²) >= 11 is 0. The van der Waals surface area contributed by atoms with E-state index in [1.807, 2.05) is 61.5 Å². The molecule has 7 heteroatoms. The SMILES string of the molecule is CC1CCCN1S(=O)(=O)c1ccc(-c2cccc(CC(=O)C3(c4ccc5c(c4)OCO5)CC3)c2)cc1. The van der Waals surface area contributed by atoms with Crippen LogP contribution < -0.4 is 9.47 Å². The van der Waals surface area contributed by atoms with E-state index in [1.54, 1.807) is 16.4 Å². The van der Waals surface area contributed by atoms with Crippen LogP contribution in [0.2, 0.25) is 0 Å². The van der Waals surface area contributed by atoms with E-state index in [9.17, 15) is 13.2 Å². The van der Waals surface area contributed by atoms with Crippen LogP contribution in [0.3, 0.4) is 0 Å². The Kier molecular flexibility index (Phi) is 5.65. The zero-order valence-electron chi connectivity index (χ0n) is 20.3. The molecule has 6 rings (SSSR count). The van der Waals surface area contributed by atoms with Gasteiger partial charge in [-0.3, -0.25) is 4.79 Å². The van der Waals surface area contributed by atoms with Gasteiger partial charge in [0.15, 0.2) is 11.5 Å². The monoisotopic (exact) mass is 503 g/mol. The lowest BCUT2D eigenvalue weighted by molar-refractivity contribution is -0.120. The first kappa shape index (κ1) is 23.3. The van der Waals surface area contributed by atoms with Gasteiger partial charge in [0.05, 0.1) is 10.3 Å². The highest BCUT2D eigenvalue weighted by Gasteiger charge is 2.50. The first-order valence-electron chi connectivity index (χ1n) is 12.5. The van der Waals surface area contributed by atoms with E-state index in [4.69, 9.17) is 9.47 Å². The van der Waals surface area contributed by atoms with Gasteiger partial charge < -0.3 is 9.47 Å². The second-order valence-corrected chi connectivity index (χ2v) is 12.0. The lowest BCUT2D eigenvalue weighted by Gasteiger charge is -2.21. The lowest BCUT2D eigenvalue weighted by Crippen LogP contribution is -2.33. The molecule has 0 radical (unpaired) electrons. The molecule has 3 aromatic carbocycles. The van der Waals surface area contributed by atoms with E-state index in [0.29, 0.717) is 23.6 Å². The van der Waals surface area contributed by atoms with Crippen LogP contribution in [0.5, 0.6) is 11.5 Å². The predicted octanol–water partition coefficient (Wildman–Crippen LogP) is 5.10. The molecule has 1 aliphatic carbocycles. The van der Waals surface area contributed by atoms with E-state index >= 15 is 0 Å². The van der Waals surface area contributed by atoms with Crippen LogP contribution in [-0.4, -0.2) is 37.9 Å². The van der Waals surface area contributed by atoms with Crippen LogP contribution in [0.1, 0.15) is 43.7 Å². The van der Waals surface area contributed by atoms with E-state index in [2.05, 4.69) is 0 Å². The highest BCUT2D eigenvalue weighted by molar-refractivity contribution is 7.89. The second-order valence-electron chi connectivity index (χ2n) is 10.1. The van der Waals surface area contributed by atoms with Crippen LogP contribution >= 0.6 is 0 Å². The molecule has 1 saturated carbocycles. The summed E-state index contributed by atoms with van der Waals surface area (Å²) in [5, 5.41) is 0. The van der Waals surface area contributed by atoms with Crippen molar-refractivity contribution in [2.45, 2.75) is 55.4 Å². The molecule has 186 valence electrons. The van der Waals surface area contributed by atoms with Crippen molar-refractivity contribution in [2.24, 2.45) is 0 Å². The van der Waals surface area contributed by atoms with Gasteiger partial charge >= 0.3 is 0 Å². The van der Waals surface area contributed by atoms with Crippen molar-refractivity contribution >= 4 is 15.8 Å². The number of Topliss-reactive ketones (excluding diaryl/α,β-unsaturated/α-hetero) is 1. The summed E-state index contributed by atoms with van der Waals surface area (Å²) in [6.45, 7) is 2.76. The number of benzene rings is 3. The molecule has 1 saturated heterocycles. The molecule has 1 unspecified atom stereocenters. The number of carbonyl (C=O) groups excluding carboxylic acids is 1. The van der Waals surface area contributed by atoms with Gasteiger partial charge in [-0.05, 0) is 79.1 Å². The Labute approximate surface area is 211 Å². The number of nitrogens with zero attached hydrogens (tertiary/aromatic N) is 1. The first-order valence-corrected chi connectivity index (χ1v) is 14.0. The lowest BCUT2D eigenvalue weighted by atomic mass is 9.87. The molecular weight excluding hydrogens is 474 g/mol. The highest BCUT2D eigenvalue weighted by atomic mass is 32.2. The minimum atomic E-state index is -3.48. The number of hydrogen-bond acceptors (Lipinski definition) is 5. The fraction of sp³-hybridized carbons (Fsp3) is 0.345. The van der Waals surface area contributed by atoms with Crippen LogP contribution in [0.4, 0.5) is 0 Å². The van der Waals surface area contributed by atoms with Crippen LogP contribution in [0.15, 0.2) is 71.6 Å². The Hall–Kier alpha value is -3.16. The number of hydrogen-bond donors (Lipinski definition) is 0. The molecule has 0 amide bonds. The number of fused-ring (bicyclic) bond motifs is 1. The Morgan fingerprint density at radius 2 is 1.75 bits per heavy atom. The molecule has 3 aromatic rings. The summed E-state index contributed by atoms with van der Waals surface area (Å²) < 4.78 is 38.6. The van der Waals surface area contributed by atoms with E-state index in [-0.39, 0.29) is 18.6 Å². The van der Waals surface area contributed by atoms with Crippen molar-refractivity contribution < 1.29 is 22.7 Å². The number of ketones is 1. The van der Waals surface area contributed by atoms with Gasteiger partial charge in [-0.1, -0.05) is 42.5 Å². The third-order valence-corrected chi connectivity index (χ3v) is 9.81. The summed E-state index contributed by atoms with van der Waals surface area (Å²) in [4.78, 5) is 13.7. The Bertz CT molecular complexity index is 1430. The molecule has 0 bridgehead atoms. The van der Waals surface area contributed by atoms with Gasteiger partial charge in [0.2, 0.25) is 16.8 Å². The van der Waals surface area contributed by atoms with Crippen LogP contribution in [0, 0.1) is 0 Å². The van der Waals surface area contributed by atoms with E-state index < -0.39 is 15.4 Å². The fourth-order valence-electron chi connectivity index (χ4n) is 5.48. The molecule has 0 N–H and O–H groups in total. The Morgan fingerprint density at radius 1 is 0.972 bits per heavy atom. The van der Waals surface area contributed by atoms with Crippen molar-refractivity contribution in [3.05, 3.63) is 77.9 Å². The summed E-state index contributed by atoms with van der Waals surface area (Å²) in [6.07, 6.45) is 3.84. The molecule has 6 nitrogen and oxygen atoms in total. The molecule has 0 spiro atoms. The summed E-state index contributed by atoms with van der Waals surface area (Å²) in [7, 11) is -3.48. The summed E-state index contributed by atoms with van der Waals surface area (Å²) in [5.41, 5.74) is 3.39. The number of rotatable bonds is 7. The van der Waals surface area contributed by atoms with Gasteiger partial charge in [0.25, 0.3) is 0 Å². The maximum Gasteiger partial charge on any atom is 0.243 e. The van der Waals surface area contributed by atoms with Crippen LogP contribution in [0.25, 0.3) is 11.1 Å². The zero-order valence-corrected chi connectivity index (χ0v) is 21.1. The quantitative estimate of drug-likeness (QED) is 0.449. The maximum absolute atomic E-state index is 13.4. The van der Waals surface area contributed by atoms with Gasteiger partial charge in [0, 0.05) is 19.0 Å². The van der Waals surface area contributed by atoms with E-state index in [0.717, 1.165) is 53.7 Å². The normalized spacial score (nSPS) is 20.4. The van der Waals surface area contributed by atoms with Crippen molar-refractivity contribution in [2.75, 3.05) is 13.3 Å². The number of ether oxygens (including phenoxy) is 2. The van der Waals surface area contributed by atoms with Gasteiger partial charge in [0.1, 0.15) is 5.78 Å². The molecule has 1 atom stereocenters. The van der Waals surface area contributed by atoms with Gasteiger partial charge in [-0.2, -0.15) is 4.31 Å². The Balaban J connectivity index is 1.20. The summed E-state index contributed by atoms with van der Waals surface area (Å²) in [5.74, 6) is 1.64. The molecule has 3 aliphatic rings. The fourth-order valence-corrected chi connectivity index (χ4v) is 7.18. The molecule has 2 aliphatic heterocycles. The average molecular weight is 504 g/mol. The molecule has 2 fully saturated rings. The van der Waals surface area contributed by atoms with E-state index in [1.165, 1.54) is 0 Å². The molecular formula is C29H29NO5S. The van der Waals surface area contributed by atoms with Crippen molar-refractivity contribution in [3.8, 4) is 22.6 Å². The maximum atomic E-state index is 13.4. The molecule has 2 heterocycles.